The lowest BCUT2D eigenvalue weighted by atomic mass is 10.2. The van der Waals surface area contributed by atoms with Crippen LogP contribution in [0.2, 0.25) is 0 Å². The molecule has 0 aliphatic rings. The van der Waals surface area contributed by atoms with Gasteiger partial charge in [0.1, 0.15) is 12.4 Å². The predicted molar refractivity (Wildman–Crippen MR) is 65.6 cm³/mol. The van der Waals surface area contributed by atoms with Crippen molar-refractivity contribution in [3.05, 3.63) is 18.2 Å². The molecule has 0 saturated heterocycles. The van der Waals surface area contributed by atoms with Crippen LogP contribution in [0.25, 0.3) is 0 Å². The summed E-state index contributed by atoms with van der Waals surface area (Å²) in [5, 5.41) is 0. The minimum atomic E-state index is -4.26. The number of nitrogens with zero attached hydrogens (tertiary/aromatic N) is 2. The number of halogens is 3. The predicted octanol–water partition coefficient (Wildman–Crippen LogP) is 2.49. The van der Waals surface area contributed by atoms with Crippen molar-refractivity contribution in [3.63, 3.8) is 0 Å². The van der Waals surface area contributed by atoms with Crippen molar-refractivity contribution in [1.29, 1.82) is 0 Å². The zero-order valence-electron chi connectivity index (χ0n) is 10.6. The minimum absolute atomic E-state index is 0.291. The molecule has 1 aromatic rings. The highest BCUT2D eigenvalue weighted by Gasteiger charge is 2.28. The van der Waals surface area contributed by atoms with E-state index < -0.39 is 12.7 Å². The van der Waals surface area contributed by atoms with Crippen molar-refractivity contribution >= 4 is 17.7 Å². The van der Waals surface area contributed by atoms with Crippen molar-refractivity contribution in [2.24, 2.45) is 5.92 Å². The molecule has 1 atom stereocenters. The van der Waals surface area contributed by atoms with Gasteiger partial charge in [-0.25, -0.2) is 4.98 Å². The number of hydrogen-bond acceptors (Lipinski definition) is 4. The van der Waals surface area contributed by atoms with Gasteiger partial charge in [-0.1, -0.05) is 6.92 Å². The zero-order valence-corrected chi connectivity index (χ0v) is 11.4. The van der Waals surface area contributed by atoms with E-state index in [1.54, 1.807) is 6.92 Å². The third kappa shape index (κ3) is 5.54. The van der Waals surface area contributed by atoms with Crippen LogP contribution in [-0.2, 0) is 21.8 Å². The minimum Gasteiger partial charge on any atom is -0.469 e. The summed E-state index contributed by atoms with van der Waals surface area (Å²) in [6.07, 6.45) is -1.63. The summed E-state index contributed by atoms with van der Waals surface area (Å²) in [4.78, 5) is 15.0. The quantitative estimate of drug-likeness (QED) is 0.757. The van der Waals surface area contributed by atoms with Crippen LogP contribution in [0, 0.1) is 5.92 Å². The van der Waals surface area contributed by atoms with E-state index in [9.17, 15) is 18.0 Å². The third-order valence-electron chi connectivity index (χ3n) is 2.35. The maximum Gasteiger partial charge on any atom is 0.406 e. The van der Waals surface area contributed by atoms with Gasteiger partial charge in [-0.3, -0.25) is 4.79 Å². The molecule has 108 valence electrons. The molecule has 19 heavy (non-hydrogen) atoms. The number of imidazole rings is 1. The molecular weight excluding hydrogens is 281 g/mol. The summed E-state index contributed by atoms with van der Waals surface area (Å²) in [5.74, 6) is 0.530. The first-order chi connectivity index (χ1) is 8.83. The van der Waals surface area contributed by atoms with Gasteiger partial charge in [0.2, 0.25) is 0 Å². The van der Waals surface area contributed by atoms with Gasteiger partial charge in [0.15, 0.2) is 0 Å². The number of esters is 1. The molecule has 4 nitrogen and oxygen atoms in total. The van der Waals surface area contributed by atoms with Crippen LogP contribution in [0.1, 0.15) is 12.7 Å². The van der Waals surface area contributed by atoms with E-state index in [4.69, 9.17) is 0 Å². The van der Waals surface area contributed by atoms with Crippen LogP contribution in [0.5, 0.6) is 0 Å². The fraction of sp³-hybridized carbons (Fsp3) is 0.636. The first-order valence-electron chi connectivity index (χ1n) is 5.56. The molecule has 0 aromatic carbocycles. The third-order valence-corrected chi connectivity index (χ3v) is 3.55. The van der Waals surface area contributed by atoms with Crippen molar-refractivity contribution in [3.8, 4) is 0 Å². The number of methoxy groups -OCH3 is 1. The smallest absolute Gasteiger partial charge is 0.406 e. The summed E-state index contributed by atoms with van der Waals surface area (Å²) in [5.41, 5.74) is 0. The fourth-order valence-electron chi connectivity index (χ4n) is 1.41. The lowest BCUT2D eigenvalue weighted by molar-refractivity contribution is -0.144. The van der Waals surface area contributed by atoms with Crippen molar-refractivity contribution in [2.45, 2.75) is 25.4 Å². The lowest BCUT2D eigenvalue weighted by Gasteiger charge is -2.11. The Morgan fingerprint density at radius 3 is 2.84 bits per heavy atom. The summed E-state index contributed by atoms with van der Waals surface area (Å²) in [7, 11) is 1.31. The maximum atomic E-state index is 12.3. The second kappa shape index (κ2) is 6.83. The Bertz CT molecular complexity index is 420. The van der Waals surface area contributed by atoms with Crippen molar-refractivity contribution in [2.75, 3.05) is 12.9 Å². The molecule has 1 rings (SSSR count). The molecule has 0 amide bonds. The van der Waals surface area contributed by atoms with Crippen LogP contribution >= 0.6 is 11.8 Å². The van der Waals surface area contributed by atoms with E-state index in [0.29, 0.717) is 17.3 Å². The van der Waals surface area contributed by atoms with E-state index in [2.05, 4.69) is 9.72 Å². The molecule has 0 aliphatic carbocycles. The van der Waals surface area contributed by atoms with Gasteiger partial charge in [-0.05, 0) is 0 Å². The Labute approximate surface area is 113 Å². The van der Waals surface area contributed by atoms with Crippen LogP contribution in [-0.4, -0.2) is 34.6 Å². The molecule has 0 spiro atoms. The van der Waals surface area contributed by atoms with Gasteiger partial charge in [0.25, 0.3) is 0 Å². The van der Waals surface area contributed by atoms with E-state index in [1.165, 1.54) is 31.3 Å². The van der Waals surface area contributed by atoms with Crippen LogP contribution in [0.4, 0.5) is 13.2 Å². The summed E-state index contributed by atoms with van der Waals surface area (Å²) in [6.45, 7) is 0.663. The normalized spacial score (nSPS) is 13.3. The molecular formula is C11H15F3N2O2S. The first-order valence-corrected chi connectivity index (χ1v) is 6.71. The van der Waals surface area contributed by atoms with Gasteiger partial charge >= 0.3 is 12.1 Å². The fourth-order valence-corrected chi connectivity index (χ4v) is 2.44. The number of aromatic nitrogens is 2. The molecule has 0 bridgehead atoms. The standard InChI is InChI=1S/C11H15F3N2O2S/c1-8(10(17)18-2)5-19-6-9-15-3-4-16(9)7-11(12,13)14/h3-4,8H,5-7H2,1-2H3/t8-/m0/s1. The Morgan fingerprint density at radius 1 is 1.58 bits per heavy atom. The monoisotopic (exact) mass is 296 g/mol. The Hall–Kier alpha value is -1.18. The Balaban J connectivity index is 2.46. The zero-order chi connectivity index (χ0) is 14.5. The molecule has 1 heterocycles. The second-order valence-corrected chi connectivity index (χ2v) is 5.06. The number of alkyl halides is 3. The van der Waals surface area contributed by atoms with Crippen LogP contribution < -0.4 is 0 Å². The molecule has 0 saturated carbocycles. The number of carbonyl (C=O) groups is 1. The largest absolute Gasteiger partial charge is 0.469 e. The average Bonchev–Trinajstić information content (AvgIpc) is 2.73. The van der Waals surface area contributed by atoms with Crippen molar-refractivity contribution in [1.82, 2.24) is 9.55 Å². The van der Waals surface area contributed by atoms with Gasteiger partial charge in [-0.15, -0.1) is 0 Å². The highest BCUT2D eigenvalue weighted by Crippen LogP contribution is 2.20. The molecule has 0 fully saturated rings. The SMILES string of the molecule is COC(=O)[C@@H](C)CSCc1nccn1CC(F)(F)F. The lowest BCUT2D eigenvalue weighted by Crippen LogP contribution is -2.19. The van der Waals surface area contributed by atoms with Gasteiger partial charge in [-0.2, -0.15) is 24.9 Å². The van der Waals surface area contributed by atoms with Gasteiger partial charge < -0.3 is 9.30 Å². The number of rotatable bonds is 6. The van der Waals surface area contributed by atoms with Crippen LogP contribution in [0.3, 0.4) is 0 Å². The second-order valence-electron chi connectivity index (χ2n) is 4.03. The highest BCUT2D eigenvalue weighted by molar-refractivity contribution is 7.98. The van der Waals surface area contributed by atoms with Gasteiger partial charge in [0.05, 0.1) is 18.8 Å². The van der Waals surface area contributed by atoms with Gasteiger partial charge in [0, 0.05) is 18.1 Å². The van der Waals surface area contributed by atoms with Crippen LogP contribution in [0.15, 0.2) is 12.4 Å². The number of thioether (sulfide) groups is 1. The summed E-state index contributed by atoms with van der Waals surface area (Å²) >= 11 is 1.35. The van der Waals surface area contributed by atoms with Crippen molar-refractivity contribution < 1.29 is 22.7 Å². The Morgan fingerprint density at radius 2 is 2.26 bits per heavy atom. The number of carbonyl (C=O) groups excluding carboxylic acids is 1. The molecule has 8 heteroatoms. The van der Waals surface area contributed by atoms with E-state index in [0.717, 1.165) is 4.57 Å². The van der Waals surface area contributed by atoms with E-state index >= 15 is 0 Å². The van der Waals surface area contributed by atoms with E-state index in [1.807, 2.05) is 0 Å². The topological polar surface area (TPSA) is 44.1 Å². The molecule has 1 aromatic heterocycles. The number of hydrogen-bond donors (Lipinski definition) is 0. The molecule has 0 N–H and O–H groups in total. The summed E-state index contributed by atoms with van der Waals surface area (Å²) < 4.78 is 42.5. The summed E-state index contributed by atoms with van der Waals surface area (Å²) in [6, 6.07) is 0. The average molecular weight is 296 g/mol. The first kappa shape index (κ1) is 15.9. The maximum absolute atomic E-state index is 12.3. The molecule has 0 radical (unpaired) electrons. The Kier molecular flexibility index (Phi) is 5.71. The molecule has 0 aliphatic heterocycles. The highest BCUT2D eigenvalue weighted by atomic mass is 32.2. The molecule has 0 unspecified atom stereocenters. The van der Waals surface area contributed by atoms with E-state index in [-0.39, 0.29) is 11.9 Å². The number of ether oxygens (including phenoxy) is 1.